The van der Waals surface area contributed by atoms with Gasteiger partial charge in [0.15, 0.2) is 0 Å². The maximum atomic E-state index is 13.6. The zero-order valence-electron chi connectivity index (χ0n) is 18.7. The summed E-state index contributed by atoms with van der Waals surface area (Å²) in [5.41, 5.74) is 3.48. The van der Waals surface area contributed by atoms with E-state index in [1.165, 1.54) is 35.4 Å². The number of hydrogen-bond acceptors (Lipinski definition) is 3. The fourth-order valence-electron chi connectivity index (χ4n) is 3.97. The number of rotatable bonds is 6. The first-order valence-corrected chi connectivity index (χ1v) is 12.4. The van der Waals surface area contributed by atoms with Gasteiger partial charge in [-0.15, -0.1) is 24.9 Å². The zero-order valence-corrected chi connectivity index (χ0v) is 20.2. The molecular formula is C26H23ClF4N2OS. The fourth-order valence-corrected chi connectivity index (χ4v) is 5.43. The molecule has 9 heteroatoms. The van der Waals surface area contributed by atoms with Gasteiger partial charge in [-0.2, -0.15) is 0 Å². The summed E-state index contributed by atoms with van der Waals surface area (Å²) in [7, 11) is 0. The molecule has 0 fully saturated rings. The van der Waals surface area contributed by atoms with Crippen molar-refractivity contribution in [3.05, 3.63) is 99.3 Å². The Labute approximate surface area is 210 Å². The van der Waals surface area contributed by atoms with E-state index in [4.69, 9.17) is 11.6 Å². The van der Waals surface area contributed by atoms with Crippen LogP contribution >= 0.6 is 23.4 Å². The summed E-state index contributed by atoms with van der Waals surface area (Å²) in [5.74, 6) is -1.15. The summed E-state index contributed by atoms with van der Waals surface area (Å²) in [5, 5.41) is 4.07. The van der Waals surface area contributed by atoms with E-state index < -0.39 is 24.6 Å². The van der Waals surface area contributed by atoms with Gasteiger partial charge in [0.25, 0.3) is 5.91 Å². The lowest BCUT2D eigenvalue weighted by Crippen LogP contribution is -2.42. The molecule has 1 N–H and O–H groups in total. The second kappa shape index (κ2) is 11.0. The van der Waals surface area contributed by atoms with Crippen molar-refractivity contribution in [2.45, 2.75) is 36.3 Å². The minimum atomic E-state index is -4.88. The molecule has 35 heavy (non-hydrogen) atoms. The zero-order chi connectivity index (χ0) is 25.0. The molecule has 3 aromatic carbocycles. The second-order valence-electron chi connectivity index (χ2n) is 8.24. The maximum Gasteiger partial charge on any atom is 0.487 e. The lowest BCUT2D eigenvalue weighted by molar-refractivity contribution is -0.227. The van der Waals surface area contributed by atoms with Gasteiger partial charge < -0.3 is 5.32 Å². The molecular weight excluding hydrogens is 500 g/mol. The first-order chi connectivity index (χ1) is 16.7. The van der Waals surface area contributed by atoms with Crippen LogP contribution in [0.3, 0.4) is 0 Å². The van der Waals surface area contributed by atoms with Crippen molar-refractivity contribution < 1.29 is 22.4 Å². The lowest BCUT2D eigenvalue weighted by atomic mass is 10.0. The summed E-state index contributed by atoms with van der Waals surface area (Å²) in [6, 6.07) is 14.7. The summed E-state index contributed by atoms with van der Waals surface area (Å²) in [6.45, 7) is 1.10. The highest BCUT2D eigenvalue weighted by atomic mass is 35.5. The van der Waals surface area contributed by atoms with E-state index in [0.29, 0.717) is 10.8 Å². The minimum Gasteiger partial charge on any atom is -0.316 e. The van der Waals surface area contributed by atoms with E-state index in [-0.39, 0.29) is 16.0 Å². The van der Waals surface area contributed by atoms with E-state index in [9.17, 15) is 22.4 Å². The number of alkyl halides is 3. The van der Waals surface area contributed by atoms with Gasteiger partial charge >= 0.3 is 6.30 Å². The maximum absolute atomic E-state index is 13.6. The van der Waals surface area contributed by atoms with Crippen LogP contribution in [0.25, 0.3) is 0 Å². The number of thioether (sulfide) groups is 1. The highest BCUT2D eigenvalue weighted by molar-refractivity contribution is 7.98. The van der Waals surface area contributed by atoms with Gasteiger partial charge in [-0.1, -0.05) is 41.9 Å². The van der Waals surface area contributed by atoms with Crippen molar-refractivity contribution in [3.63, 3.8) is 0 Å². The van der Waals surface area contributed by atoms with Crippen LogP contribution in [-0.4, -0.2) is 30.2 Å². The molecule has 0 saturated heterocycles. The van der Waals surface area contributed by atoms with Crippen LogP contribution in [0.2, 0.25) is 5.02 Å². The van der Waals surface area contributed by atoms with Crippen LogP contribution in [0.1, 0.15) is 32.6 Å². The average Bonchev–Trinajstić information content (AvgIpc) is 3.08. The van der Waals surface area contributed by atoms with Crippen molar-refractivity contribution in [1.82, 2.24) is 10.2 Å². The molecule has 1 aliphatic heterocycles. The molecule has 0 radical (unpaired) electrons. The predicted octanol–water partition coefficient (Wildman–Crippen LogP) is 6.62. The van der Waals surface area contributed by atoms with E-state index in [1.807, 2.05) is 6.07 Å². The van der Waals surface area contributed by atoms with Crippen molar-refractivity contribution in [2.75, 3.05) is 13.1 Å². The van der Waals surface area contributed by atoms with Gasteiger partial charge in [0.1, 0.15) is 5.82 Å². The molecule has 0 spiro atoms. The molecule has 0 bridgehead atoms. The smallest absolute Gasteiger partial charge is 0.316 e. The Morgan fingerprint density at radius 1 is 0.943 bits per heavy atom. The van der Waals surface area contributed by atoms with Crippen LogP contribution in [0, 0.1) is 5.82 Å². The van der Waals surface area contributed by atoms with Crippen LogP contribution in [0.4, 0.5) is 17.6 Å². The number of amides is 1. The van der Waals surface area contributed by atoms with Crippen molar-refractivity contribution in [2.24, 2.45) is 0 Å². The average molecular weight is 523 g/mol. The molecule has 0 aromatic heterocycles. The number of fused-ring (bicyclic) bond motifs is 1. The standard InChI is InChI=1S/C26H23ClF4N2OS/c27-23-10-7-19-11-13-32-14-12-22(19)24(23)35-16-18-1-5-20(6-2-18)25(34)33(26(29,30)31)15-17-3-8-21(28)9-4-17/h1-10,32H,11-16H2. The van der Waals surface area contributed by atoms with Crippen LogP contribution in [0.15, 0.2) is 65.6 Å². The van der Waals surface area contributed by atoms with Crippen molar-refractivity contribution >= 4 is 29.3 Å². The van der Waals surface area contributed by atoms with E-state index in [0.717, 1.165) is 48.5 Å². The number of nitrogens with one attached hydrogen (secondary N) is 1. The number of carbonyl (C=O) groups excluding carboxylic acids is 1. The number of benzene rings is 3. The van der Waals surface area contributed by atoms with Crippen LogP contribution in [0.5, 0.6) is 0 Å². The van der Waals surface area contributed by atoms with Crippen molar-refractivity contribution in [3.8, 4) is 0 Å². The Morgan fingerprint density at radius 3 is 2.29 bits per heavy atom. The number of carbonyl (C=O) groups is 1. The summed E-state index contributed by atoms with van der Waals surface area (Å²) < 4.78 is 54.0. The molecule has 4 rings (SSSR count). The summed E-state index contributed by atoms with van der Waals surface area (Å²) in [6.07, 6.45) is -3.06. The normalized spacial score (nSPS) is 13.7. The largest absolute Gasteiger partial charge is 0.487 e. The van der Waals surface area contributed by atoms with Gasteiger partial charge in [0, 0.05) is 16.2 Å². The highest BCUT2D eigenvalue weighted by Crippen LogP contribution is 2.36. The Bertz CT molecular complexity index is 1180. The Hall–Kier alpha value is -2.55. The first kappa shape index (κ1) is 25.5. The molecule has 184 valence electrons. The number of nitrogens with zero attached hydrogens (tertiary/aromatic N) is 1. The third-order valence-electron chi connectivity index (χ3n) is 5.82. The predicted molar refractivity (Wildman–Crippen MR) is 130 cm³/mol. The molecule has 0 aliphatic carbocycles. The molecule has 0 saturated carbocycles. The number of halogens is 5. The van der Waals surface area contributed by atoms with Gasteiger partial charge in [0.05, 0.1) is 11.6 Å². The van der Waals surface area contributed by atoms with Crippen LogP contribution < -0.4 is 5.32 Å². The molecule has 0 unspecified atom stereocenters. The molecule has 0 atom stereocenters. The molecule has 3 aromatic rings. The topological polar surface area (TPSA) is 32.3 Å². The summed E-state index contributed by atoms with van der Waals surface area (Å²) in [4.78, 5) is 13.5. The lowest BCUT2D eigenvalue weighted by Gasteiger charge is -2.25. The Kier molecular flexibility index (Phi) is 8.04. The number of hydrogen-bond donors (Lipinski definition) is 1. The van der Waals surface area contributed by atoms with Gasteiger partial charge in [-0.05, 0) is 78.5 Å². The Morgan fingerprint density at radius 2 is 1.60 bits per heavy atom. The van der Waals surface area contributed by atoms with Crippen molar-refractivity contribution in [1.29, 1.82) is 0 Å². The van der Waals surface area contributed by atoms with E-state index in [2.05, 4.69) is 11.4 Å². The molecule has 1 amide bonds. The van der Waals surface area contributed by atoms with Gasteiger partial charge in [0.2, 0.25) is 0 Å². The SMILES string of the molecule is O=C(c1ccc(CSc2c(Cl)ccc3c2CCNCC3)cc1)N(Cc1ccc(F)cc1)C(F)(F)F. The molecule has 1 aliphatic rings. The third kappa shape index (κ3) is 6.37. The highest BCUT2D eigenvalue weighted by Gasteiger charge is 2.41. The van der Waals surface area contributed by atoms with Crippen LogP contribution in [-0.2, 0) is 25.1 Å². The van der Waals surface area contributed by atoms with E-state index >= 15 is 0 Å². The summed E-state index contributed by atoms with van der Waals surface area (Å²) >= 11 is 8.07. The third-order valence-corrected chi connectivity index (χ3v) is 7.48. The quantitative estimate of drug-likeness (QED) is 0.224. The second-order valence-corrected chi connectivity index (χ2v) is 9.63. The minimum absolute atomic E-state index is 0.0733. The fraction of sp³-hybridized carbons (Fsp3) is 0.269. The Balaban J connectivity index is 1.47. The van der Waals surface area contributed by atoms with Gasteiger partial charge in [-0.25, -0.2) is 9.29 Å². The first-order valence-electron chi connectivity index (χ1n) is 11.1. The van der Waals surface area contributed by atoms with Gasteiger partial charge in [-0.3, -0.25) is 4.79 Å². The molecule has 3 nitrogen and oxygen atoms in total. The monoisotopic (exact) mass is 522 g/mol. The van der Waals surface area contributed by atoms with E-state index in [1.54, 1.807) is 23.9 Å². The molecule has 1 heterocycles.